The first kappa shape index (κ1) is 15.5. The van der Waals surface area contributed by atoms with Crippen LogP contribution in [-0.4, -0.2) is 9.13 Å². The zero-order valence-corrected chi connectivity index (χ0v) is 21.3. The third-order valence-corrected chi connectivity index (χ3v) is 8.74. The smallest absolute Gasteiger partial charge is 0.0645 e. The molecule has 3 aromatic heterocycles. The summed E-state index contributed by atoms with van der Waals surface area (Å²) in [5.41, 5.74) is 5.19. The molecule has 6 aromatic carbocycles. The number of para-hydroxylation sites is 3. The van der Waals surface area contributed by atoms with Gasteiger partial charge in [0.25, 0.3) is 0 Å². The Morgan fingerprint density at radius 1 is 0.487 bits per heavy atom. The van der Waals surface area contributed by atoms with Crippen molar-refractivity contribution in [2.75, 3.05) is 0 Å². The van der Waals surface area contributed by atoms with Gasteiger partial charge < -0.3 is 9.13 Å². The van der Waals surface area contributed by atoms with Gasteiger partial charge in [0.2, 0.25) is 0 Å². The Kier molecular flexibility index (Phi) is 3.12. The molecule has 0 radical (unpaired) electrons. The molecule has 0 N–H and O–H groups in total. The molecule has 0 bridgehead atoms. The van der Waals surface area contributed by atoms with E-state index >= 15 is 0 Å². The third kappa shape index (κ3) is 2.80. The van der Waals surface area contributed by atoms with E-state index in [2.05, 4.69) is 41.0 Å². The van der Waals surface area contributed by atoms with E-state index in [-0.39, 0.29) is 53.1 Å². The summed E-state index contributed by atoms with van der Waals surface area (Å²) in [5.74, 6) is 0. The molecule has 9 rings (SSSR count). The first-order valence-corrected chi connectivity index (χ1v) is 13.5. The lowest BCUT2D eigenvalue weighted by atomic mass is 10.1. The topological polar surface area (TPSA) is 9.86 Å². The number of rotatable bonds is 2. The number of benzene rings is 6. The highest BCUT2D eigenvalue weighted by molar-refractivity contribution is 7.26. The molecule has 0 unspecified atom stereocenters. The number of thiophene rings is 1. The maximum absolute atomic E-state index is 9.23. The fourth-order valence-electron chi connectivity index (χ4n) is 6.09. The molecule has 2 nitrogen and oxygen atoms in total. The van der Waals surface area contributed by atoms with Gasteiger partial charge in [0.1, 0.15) is 0 Å². The summed E-state index contributed by atoms with van der Waals surface area (Å²) in [5, 5.41) is 4.61. The summed E-state index contributed by atoms with van der Waals surface area (Å²) in [6.45, 7) is 0. The van der Waals surface area contributed by atoms with Crippen LogP contribution in [0.5, 0.6) is 0 Å². The van der Waals surface area contributed by atoms with Crippen molar-refractivity contribution in [2.24, 2.45) is 0 Å². The summed E-state index contributed by atoms with van der Waals surface area (Å²) < 4.78 is 66.0. The summed E-state index contributed by atoms with van der Waals surface area (Å²) in [6.07, 6.45) is 0. The van der Waals surface area contributed by atoms with Crippen LogP contribution in [0.1, 0.15) is 9.60 Å². The predicted molar refractivity (Wildman–Crippen MR) is 168 cm³/mol. The van der Waals surface area contributed by atoms with E-state index in [4.69, 9.17) is 8.22 Å². The molecule has 0 atom stereocenters. The molecular formula is C36H22N2S. The third-order valence-electron chi connectivity index (χ3n) is 7.63. The highest BCUT2D eigenvalue weighted by Crippen LogP contribution is 2.44. The molecule has 39 heavy (non-hydrogen) atoms. The lowest BCUT2D eigenvalue weighted by Crippen LogP contribution is -1.94. The van der Waals surface area contributed by atoms with Crippen LogP contribution >= 0.6 is 11.3 Å². The van der Waals surface area contributed by atoms with Gasteiger partial charge in [-0.15, -0.1) is 11.3 Å². The van der Waals surface area contributed by atoms with Gasteiger partial charge in [0, 0.05) is 42.7 Å². The molecule has 0 spiro atoms. The molecule has 0 fully saturated rings. The van der Waals surface area contributed by atoms with Gasteiger partial charge in [-0.2, -0.15) is 0 Å². The minimum absolute atomic E-state index is 0.131. The minimum Gasteiger partial charge on any atom is -0.309 e. The standard InChI is InChI=1S/C36H22N2S/c1-2-11-23(12-3-1)37-28-17-7-4-14-26(28)34-30(37)21-22-31-35(34)27-15-5-8-18-29(27)38(31)32-19-10-16-25-24-13-6-9-20-33(24)39-36(25)32/h1-22H/i6D,9D,10D,13D,16D,19D,20D. The summed E-state index contributed by atoms with van der Waals surface area (Å²) >= 11 is 1.15. The van der Waals surface area contributed by atoms with Crippen molar-refractivity contribution in [1.82, 2.24) is 9.13 Å². The lowest BCUT2D eigenvalue weighted by Gasteiger charge is -2.10. The minimum atomic E-state index is -0.381. The van der Waals surface area contributed by atoms with Gasteiger partial charge in [-0.1, -0.05) is 84.8 Å². The zero-order chi connectivity index (χ0) is 31.6. The van der Waals surface area contributed by atoms with Crippen LogP contribution in [0, 0.1) is 0 Å². The van der Waals surface area contributed by atoms with Crippen LogP contribution in [0.25, 0.3) is 75.2 Å². The first-order chi connectivity index (χ1) is 22.3. The first-order valence-electron chi connectivity index (χ1n) is 16.2. The average Bonchev–Trinajstić information content (AvgIpc) is 3.75. The number of fused-ring (bicyclic) bond motifs is 10. The fourth-order valence-corrected chi connectivity index (χ4v) is 7.14. The van der Waals surface area contributed by atoms with Crippen molar-refractivity contribution in [3.05, 3.63) is 133 Å². The van der Waals surface area contributed by atoms with Crippen LogP contribution in [0.15, 0.2) is 133 Å². The molecule has 0 amide bonds. The Balaban J connectivity index is 1.52. The SMILES string of the molecule is [2H]c1c([2H])c([2H])c2c(sc3c(-n4c5ccccc5c5c6c7ccccc7n(-c7ccccc7)c6ccc54)c([2H])c([2H])c([2H])c32)c1[2H]. The lowest BCUT2D eigenvalue weighted by molar-refractivity contribution is 1.18. The molecule has 3 heterocycles. The Morgan fingerprint density at radius 3 is 1.87 bits per heavy atom. The van der Waals surface area contributed by atoms with Gasteiger partial charge in [-0.3, -0.25) is 0 Å². The second-order valence-corrected chi connectivity index (χ2v) is 10.6. The maximum atomic E-state index is 9.23. The van der Waals surface area contributed by atoms with Gasteiger partial charge in [-0.25, -0.2) is 0 Å². The fraction of sp³-hybridized carbons (Fsp3) is 0. The Bertz CT molecular complexity index is 2780. The van der Waals surface area contributed by atoms with E-state index in [0.29, 0.717) is 15.1 Å². The molecule has 0 aliphatic rings. The van der Waals surface area contributed by atoms with E-state index in [9.17, 15) is 1.37 Å². The number of aromatic nitrogens is 2. The largest absolute Gasteiger partial charge is 0.309 e. The van der Waals surface area contributed by atoms with Crippen molar-refractivity contribution in [3.63, 3.8) is 0 Å². The molecule has 9 aromatic rings. The van der Waals surface area contributed by atoms with E-state index < -0.39 is 0 Å². The molecule has 3 heteroatoms. The van der Waals surface area contributed by atoms with E-state index in [1.54, 1.807) is 0 Å². The van der Waals surface area contributed by atoms with Crippen molar-refractivity contribution in [2.45, 2.75) is 0 Å². The highest BCUT2D eigenvalue weighted by Gasteiger charge is 2.21. The van der Waals surface area contributed by atoms with Crippen molar-refractivity contribution < 1.29 is 9.60 Å². The van der Waals surface area contributed by atoms with Crippen molar-refractivity contribution in [3.8, 4) is 11.4 Å². The Hall–Kier alpha value is -4.86. The zero-order valence-electron chi connectivity index (χ0n) is 27.5. The van der Waals surface area contributed by atoms with Crippen LogP contribution < -0.4 is 0 Å². The van der Waals surface area contributed by atoms with Gasteiger partial charge in [0.15, 0.2) is 0 Å². The molecule has 0 saturated heterocycles. The molecule has 0 aliphatic carbocycles. The molecular weight excluding hydrogens is 492 g/mol. The van der Waals surface area contributed by atoms with E-state index in [1.807, 2.05) is 59.2 Å². The van der Waals surface area contributed by atoms with Crippen LogP contribution in [0.4, 0.5) is 0 Å². The van der Waals surface area contributed by atoms with Crippen molar-refractivity contribution >= 4 is 75.1 Å². The molecule has 0 saturated carbocycles. The number of nitrogens with zero attached hydrogens (tertiary/aromatic N) is 2. The number of hydrogen-bond acceptors (Lipinski definition) is 1. The molecule has 182 valence electrons. The monoisotopic (exact) mass is 521 g/mol. The second-order valence-electron chi connectivity index (χ2n) is 9.63. The maximum Gasteiger partial charge on any atom is 0.0645 e. The van der Waals surface area contributed by atoms with Crippen molar-refractivity contribution in [1.29, 1.82) is 0 Å². The quantitative estimate of drug-likeness (QED) is 0.214. The predicted octanol–water partition coefficient (Wildman–Crippen LogP) is 10.2. The molecule has 0 aliphatic heterocycles. The Labute approximate surface area is 238 Å². The number of hydrogen-bond donors (Lipinski definition) is 0. The highest BCUT2D eigenvalue weighted by atomic mass is 32.1. The average molecular weight is 522 g/mol. The summed E-state index contributed by atoms with van der Waals surface area (Å²) in [4.78, 5) is 0. The van der Waals surface area contributed by atoms with Gasteiger partial charge >= 0.3 is 0 Å². The van der Waals surface area contributed by atoms with Crippen LogP contribution in [0.3, 0.4) is 0 Å². The van der Waals surface area contributed by atoms with Crippen LogP contribution in [0.2, 0.25) is 0 Å². The van der Waals surface area contributed by atoms with Gasteiger partial charge in [-0.05, 0) is 48.5 Å². The summed E-state index contributed by atoms with van der Waals surface area (Å²) in [6, 6.07) is 28.9. The van der Waals surface area contributed by atoms with E-state index in [1.165, 1.54) is 0 Å². The second kappa shape index (κ2) is 7.83. The Morgan fingerprint density at radius 2 is 1.10 bits per heavy atom. The normalized spacial score (nSPS) is 14.6. The summed E-state index contributed by atoms with van der Waals surface area (Å²) in [7, 11) is 0. The van der Waals surface area contributed by atoms with Crippen LogP contribution in [-0.2, 0) is 0 Å². The van der Waals surface area contributed by atoms with Gasteiger partial charge in [0.05, 0.1) is 42.0 Å². The van der Waals surface area contributed by atoms with E-state index in [0.717, 1.165) is 60.6 Å².